The van der Waals surface area contributed by atoms with Gasteiger partial charge in [0.15, 0.2) is 0 Å². The summed E-state index contributed by atoms with van der Waals surface area (Å²) < 4.78 is 0. The van der Waals surface area contributed by atoms with E-state index in [0.717, 1.165) is 25.1 Å². The first-order valence-corrected chi connectivity index (χ1v) is 11.0. The van der Waals surface area contributed by atoms with E-state index in [1.165, 1.54) is 0 Å². The molecule has 1 unspecified atom stereocenters. The van der Waals surface area contributed by atoms with Gasteiger partial charge in [-0.2, -0.15) is 0 Å². The van der Waals surface area contributed by atoms with Crippen LogP contribution in [0.3, 0.4) is 0 Å². The zero-order chi connectivity index (χ0) is 22.3. The molecule has 0 bridgehead atoms. The molecule has 0 saturated carbocycles. The Morgan fingerprint density at radius 3 is 2.58 bits per heavy atom. The number of carbonyl (C=O) groups excluding carboxylic acids is 2. The predicted octanol–water partition coefficient (Wildman–Crippen LogP) is 2.03. The minimum atomic E-state index is -1.11. The maximum atomic E-state index is 13.2. The van der Waals surface area contributed by atoms with Gasteiger partial charge in [-0.05, 0) is 36.5 Å². The third-order valence-corrected chi connectivity index (χ3v) is 5.71. The first kappa shape index (κ1) is 22.9. The van der Waals surface area contributed by atoms with Crippen molar-refractivity contribution in [2.75, 3.05) is 26.2 Å². The Balaban J connectivity index is 1.70. The predicted molar refractivity (Wildman–Crippen MR) is 121 cm³/mol. The molecule has 2 aromatic rings. The van der Waals surface area contributed by atoms with Gasteiger partial charge >= 0.3 is 0 Å². The Morgan fingerprint density at radius 1 is 1.19 bits per heavy atom. The second-order valence-corrected chi connectivity index (χ2v) is 8.53. The summed E-state index contributed by atoms with van der Waals surface area (Å²) in [6.07, 6.45) is 3.00. The Labute approximate surface area is 184 Å². The van der Waals surface area contributed by atoms with Crippen LogP contribution in [0.25, 0.3) is 0 Å². The van der Waals surface area contributed by atoms with Crippen LogP contribution in [0.1, 0.15) is 48.3 Å². The summed E-state index contributed by atoms with van der Waals surface area (Å²) in [5.74, 6) is 0.194. The fraction of sp³-hybridized carbons (Fsp3) is 0.458. The van der Waals surface area contributed by atoms with E-state index in [2.05, 4.69) is 29.5 Å². The third kappa shape index (κ3) is 5.89. The summed E-state index contributed by atoms with van der Waals surface area (Å²) in [6.45, 7) is 7.44. The molecule has 1 aliphatic rings. The van der Waals surface area contributed by atoms with Gasteiger partial charge in [0, 0.05) is 37.9 Å². The number of nitrogens with two attached hydrogens (primary N) is 1. The normalized spacial score (nSPS) is 16.1. The van der Waals surface area contributed by atoms with Gasteiger partial charge in [-0.15, -0.1) is 0 Å². The Hall–Kier alpha value is -2.77. The lowest BCUT2D eigenvalue weighted by molar-refractivity contribution is -0.127. The lowest BCUT2D eigenvalue weighted by Crippen LogP contribution is -2.51. The molecule has 166 valence electrons. The molecule has 2 heterocycles. The molecule has 1 aromatic carbocycles. The highest BCUT2D eigenvalue weighted by Crippen LogP contribution is 2.26. The fourth-order valence-electron chi connectivity index (χ4n) is 3.73. The average Bonchev–Trinajstić information content (AvgIpc) is 2.81. The van der Waals surface area contributed by atoms with Gasteiger partial charge in [0.25, 0.3) is 5.91 Å². The number of hydrogen-bond acceptors (Lipinski definition) is 5. The number of carbonyl (C=O) groups is 2. The molecule has 1 aliphatic heterocycles. The van der Waals surface area contributed by atoms with Crippen LogP contribution in [-0.4, -0.2) is 47.9 Å². The van der Waals surface area contributed by atoms with Crippen LogP contribution in [0, 0.1) is 5.92 Å². The van der Waals surface area contributed by atoms with Crippen LogP contribution in [0.4, 0.5) is 0 Å². The van der Waals surface area contributed by atoms with E-state index in [4.69, 9.17) is 5.73 Å². The first-order valence-electron chi connectivity index (χ1n) is 11.0. The van der Waals surface area contributed by atoms with Gasteiger partial charge in [-0.3, -0.25) is 14.6 Å². The molecular weight excluding hydrogens is 390 g/mol. The molecule has 1 saturated heterocycles. The average molecular weight is 424 g/mol. The molecular formula is C24H33N5O2. The second kappa shape index (κ2) is 10.5. The van der Waals surface area contributed by atoms with Crippen LogP contribution >= 0.6 is 0 Å². The quantitative estimate of drug-likeness (QED) is 0.603. The Bertz CT molecular complexity index is 881. The highest BCUT2D eigenvalue weighted by molar-refractivity contribution is 5.94. The smallest absolute Gasteiger partial charge is 0.254 e. The zero-order valence-corrected chi connectivity index (χ0v) is 18.4. The molecule has 31 heavy (non-hydrogen) atoms. The number of piperazine rings is 1. The molecule has 1 fully saturated rings. The Morgan fingerprint density at radius 2 is 1.90 bits per heavy atom. The summed E-state index contributed by atoms with van der Waals surface area (Å²) in [6, 6.07) is 13.0. The van der Waals surface area contributed by atoms with Crippen LogP contribution in [0.5, 0.6) is 0 Å². The van der Waals surface area contributed by atoms with Gasteiger partial charge in [-0.1, -0.05) is 44.2 Å². The molecule has 0 spiro atoms. The number of aromatic nitrogens is 1. The van der Waals surface area contributed by atoms with Gasteiger partial charge < -0.3 is 21.3 Å². The summed E-state index contributed by atoms with van der Waals surface area (Å²) in [5.41, 5.74) is 7.55. The van der Waals surface area contributed by atoms with Crippen LogP contribution < -0.4 is 16.4 Å². The molecule has 4 N–H and O–H groups in total. The topological polar surface area (TPSA) is 100 Å². The summed E-state index contributed by atoms with van der Waals surface area (Å²) in [4.78, 5) is 32.1. The van der Waals surface area contributed by atoms with Crippen molar-refractivity contribution in [3.63, 3.8) is 0 Å². The molecule has 0 radical (unpaired) electrons. The number of rotatable bonds is 8. The van der Waals surface area contributed by atoms with Crippen molar-refractivity contribution in [2.24, 2.45) is 11.7 Å². The van der Waals surface area contributed by atoms with Gasteiger partial charge in [0.05, 0.1) is 12.2 Å². The zero-order valence-electron chi connectivity index (χ0n) is 18.4. The minimum absolute atomic E-state index is 0.00846. The highest BCUT2D eigenvalue weighted by atomic mass is 16.2. The molecule has 3 rings (SSSR count). The molecule has 1 aromatic heterocycles. The van der Waals surface area contributed by atoms with Crippen molar-refractivity contribution in [3.05, 3.63) is 65.5 Å². The number of benzene rings is 1. The second-order valence-electron chi connectivity index (χ2n) is 8.53. The Kier molecular flexibility index (Phi) is 7.76. The van der Waals surface area contributed by atoms with Gasteiger partial charge in [0.1, 0.15) is 5.54 Å². The van der Waals surface area contributed by atoms with Crippen molar-refractivity contribution in [3.8, 4) is 0 Å². The summed E-state index contributed by atoms with van der Waals surface area (Å²) >= 11 is 0. The van der Waals surface area contributed by atoms with Crippen molar-refractivity contribution in [1.29, 1.82) is 0 Å². The number of nitrogens with one attached hydrogen (secondary N) is 2. The monoisotopic (exact) mass is 423 g/mol. The third-order valence-electron chi connectivity index (χ3n) is 5.71. The van der Waals surface area contributed by atoms with E-state index in [-0.39, 0.29) is 18.4 Å². The van der Waals surface area contributed by atoms with Gasteiger partial charge in [0.2, 0.25) is 5.91 Å². The van der Waals surface area contributed by atoms with Crippen molar-refractivity contribution >= 4 is 11.8 Å². The summed E-state index contributed by atoms with van der Waals surface area (Å²) in [5, 5.41) is 6.19. The van der Waals surface area contributed by atoms with E-state index >= 15 is 0 Å². The molecule has 0 aliphatic carbocycles. The fourth-order valence-corrected chi connectivity index (χ4v) is 3.73. The number of pyridine rings is 1. The number of nitrogens with zero attached hydrogens (tertiary/aromatic N) is 2. The first-order chi connectivity index (χ1) is 14.9. The maximum absolute atomic E-state index is 13.2. The van der Waals surface area contributed by atoms with Crippen LogP contribution in [-0.2, 0) is 16.9 Å². The largest absolute Gasteiger partial charge is 0.349 e. The van der Waals surface area contributed by atoms with E-state index in [1.807, 2.05) is 35.2 Å². The van der Waals surface area contributed by atoms with Crippen molar-refractivity contribution in [2.45, 2.75) is 38.8 Å². The SMILES string of the molecule is CC(C)CCC(N)(C(=O)NCc1cc(C(=O)N2CCNCC2)ccn1)c1ccccc1. The lowest BCUT2D eigenvalue weighted by Gasteiger charge is -2.29. The minimum Gasteiger partial charge on any atom is -0.349 e. The number of hydrogen-bond donors (Lipinski definition) is 3. The standard InChI is InChI=1S/C24H33N5O2/c1-18(2)8-10-24(25,20-6-4-3-5-7-20)23(31)28-17-21-16-19(9-11-27-21)22(30)29-14-12-26-13-15-29/h3-7,9,11,16,18,26H,8,10,12-15,17,25H2,1-2H3,(H,28,31). The van der Waals surface area contributed by atoms with E-state index in [0.29, 0.717) is 36.7 Å². The number of amides is 2. The van der Waals surface area contributed by atoms with Crippen LogP contribution in [0.2, 0.25) is 0 Å². The molecule has 7 heteroatoms. The lowest BCUT2D eigenvalue weighted by atomic mass is 9.83. The van der Waals surface area contributed by atoms with Crippen LogP contribution in [0.15, 0.2) is 48.7 Å². The molecule has 1 atom stereocenters. The summed E-state index contributed by atoms with van der Waals surface area (Å²) in [7, 11) is 0. The maximum Gasteiger partial charge on any atom is 0.254 e. The molecule has 7 nitrogen and oxygen atoms in total. The van der Waals surface area contributed by atoms with Crippen molar-refractivity contribution < 1.29 is 9.59 Å². The van der Waals surface area contributed by atoms with Gasteiger partial charge in [-0.25, -0.2) is 0 Å². The van der Waals surface area contributed by atoms with Crippen molar-refractivity contribution in [1.82, 2.24) is 20.5 Å². The highest BCUT2D eigenvalue weighted by Gasteiger charge is 2.35. The van der Waals surface area contributed by atoms with E-state index in [1.54, 1.807) is 18.3 Å². The molecule has 2 amide bonds. The van der Waals surface area contributed by atoms with E-state index < -0.39 is 5.54 Å². The van der Waals surface area contributed by atoms with E-state index in [9.17, 15) is 9.59 Å².